The first-order chi connectivity index (χ1) is 13.2. The lowest BCUT2D eigenvalue weighted by atomic mass is 10.0. The zero-order valence-electron chi connectivity index (χ0n) is 17.8. The van der Waals surface area contributed by atoms with Crippen molar-refractivity contribution in [3.05, 3.63) is 29.8 Å². The SMILES string of the molecule is CN=C(NCCN1CCCC(C)C1)NC(C)c1cccc(N2CCCC2)c1.I. The molecule has 2 heterocycles. The second kappa shape index (κ2) is 11.9. The van der Waals surface area contributed by atoms with Gasteiger partial charge in [-0.05, 0) is 62.8 Å². The normalized spacial score (nSPS) is 21.9. The predicted molar refractivity (Wildman–Crippen MR) is 131 cm³/mol. The van der Waals surface area contributed by atoms with Crippen molar-refractivity contribution in [1.29, 1.82) is 0 Å². The van der Waals surface area contributed by atoms with Crippen molar-refractivity contribution < 1.29 is 0 Å². The van der Waals surface area contributed by atoms with Crippen LogP contribution in [-0.4, -0.2) is 57.2 Å². The average Bonchev–Trinajstić information content (AvgIpc) is 3.22. The summed E-state index contributed by atoms with van der Waals surface area (Å²) >= 11 is 0. The fourth-order valence-corrected chi connectivity index (χ4v) is 4.27. The number of hydrogen-bond acceptors (Lipinski definition) is 3. The van der Waals surface area contributed by atoms with E-state index < -0.39 is 0 Å². The summed E-state index contributed by atoms with van der Waals surface area (Å²) in [6.45, 7) is 11.4. The highest BCUT2D eigenvalue weighted by molar-refractivity contribution is 14.0. The molecule has 0 aromatic heterocycles. The monoisotopic (exact) mass is 499 g/mol. The van der Waals surface area contributed by atoms with Crippen LogP contribution in [0.25, 0.3) is 0 Å². The number of halogens is 1. The quantitative estimate of drug-likeness (QED) is 0.355. The van der Waals surface area contributed by atoms with Gasteiger partial charge in [0.2, 0.25) is 0 Å². The van der Waals surface area contributed by atoms with Gasteiger partial charge in [-0.15, -0.1) is 24.0 Å². The Balaban J connectivity index is 0.00000280. The summed E-state index contributed by atoms with van der Waals surface area (Å²) in [6.07, 6.45) is 5.33. The molecule has 2 aliphatic rings. The number of benzene rings is 1. The van der Waals surface area contributed by atoms with E-state index >= 15 is 0 Å². The van der Waals surface area contributed by atoms with Crippen molar-refractivity contribution in [2.24, 2.45) is 10.9 Å². The number of hydrogen-bond donors (Lipinski definition) is 2. The van der Waals surface area contributed by atoms with Crippen LogP contribution in [0.2, 0.25) is 0 Å². The molecule has 2 fully saturated rings. The number of anilines is 1. The molecule has 158 valence electrons. The minimum atomic E-state index is 0. The molecule has 1 aromatic carbocycles. The number of nitrogens with zero attached hydrogens (tertiary/aromatic N) is 3. The Morgan fingerprint density at radius 2 is 2.00 bits per heavy atom. The van der Waals surface area contributed by atoms with Gasteiger partial charge in [0.15, 0.2) is 5.96 Å². The Bertz CT molecular complexity index is 615. The maximum absolute atomic E-state index is 4.42. The highest BCUT2D eigenvalue weighted by Crippen LogP contribution is 2.24. The molecular weight excluding hydrogens is 461 g/mol. The second-order valence-electron chi connectivity index (χ2n) is 8.20. The van der Waals surface area contributed by atoms with Crippen LogP contribution in [0.5, 0.6) is 0 Å². The van der Waals surface area contributed by atoms with E-state index in [9.17, 15) is 0 Å². The lowest BCUT2D eigenvalue weighted by Crippen LogP contribution is -2.44. The summed E-state index contributed by atoms with van der Waals surface area (Å²) in [5.41, 5.74) is 2.66. The molecule has 0 saturated carbocycles. The van der Waals surface area contributed by atoms with E-state index in [1.165, 1.54) is 63.1 Å². The van der Waals surface area contributed by atoms with Crippen LogP contribution in [0.3, 0.4) is 0 Å². The standard InChI is InChI=1S/C22H37N5.HI/c1-18-8-7-12-26(17-18)15-11-24-22(23-3)25-19(2)20-9-6-10-21(16-20)27-13-4-5-14-27;/h6,9-10,16,18-19H,4-5,7-8,11-15,17H2,1-3H3,(H2,23,24,25);1H. The summed E-state index contributed by atoms with van der Waals surface area (Å²) in [5, 5.41) is 7.04. The molecule has 5 nitrogen and oxygen atoms in total. The van der Waals surface area contributed by atoms with E-state index in [1.807, 2.05) is 7.05 Å². The maximum atomic E-state index is 4.42. The molecular formula is C22H38IN5. The first-order valence-electron chi connectivity index (χ1n) is 10.7. The fraction of sp³-hybridized carbons (Fsp3) is 0.682. The Labute approximate surface area is 188 Å². The zero-order chi connectivity index (χ0) is 19.1. The van der Waals surface area contributed by atoms with Crippen LogP contribution in [0.15, 0.2) is 29.3 Å². The summed E-state index contributed by atoms with van der Waals surface area (Å²) in [4.78, 5) is 9.47. The molecule has 1 aromatic rings. The summed E-state index contributed by atoms with van der Waals surface area (Å²) < 4.78 is 0. The molecule has 2 N–H and O–H groups in total. The van der Waals surface area contributed by atoms with E-state index in [-0.39, 0.29) is 30.0 Å². The molecule has 2 aliphatic heterocycles. The Kier molecular flexibility index (Phi) is 9.85. The third-order valence-corrected chi connectivity index (χ3v) is 5.88. The molecule has 2 atom stereocenters. The van der Waals surface area contributed by atoms with Gasteiger partial charge in [0.25, 0.3) is 0 Å². The van der Waals surface area contributed by atoms with Crippen LogP contribution in [0.4, 0.5) is 5.69 Å². The second-order valence-corrected chi connectivity index (χ2v) is 8.20. The lowest BCUT2D eigenvalue weighted by Gasteiger charge is -2.31. The maximum Gasteiger partial charge on any atom is 0.191 e. The van der Waals surface area contributed by atoms with Crippen molar-refractivity contribution in [2.75, 3.05) is 51.2 Å². The molecule has 28 heavy (non-hydrogen) atoms. The first kappa shape index (κ1) is 23.3. The van der Waals surface area contributed by atoms with Gasteiger partial charge < -0.3 is 20.4 Å². The minimum Gasteiger partial charge on any atom is -0.372 e. The molecule has 2 saturated heterocycles. The molecule has 0 bridgehead atoms. The number of piperidine rings is 1. The molecule has 0 radical (unpaired) electrons. The van der Waals surface area contributed by atoms with E-state index in [1.54, 1.807) is 0 Å². The van der Waals surface area contributed by atoms with Gasteiger partial charge in [-0.25, -0.2) is 0 Å². The molecule has 0 amide bonds. The Hall–Kier alpha value is -1.02. The van der Waals surface area contributed by atoms with Crippen molar-refractivity contribution >= 4 is 35.6 Å². The van der Waals surface area contributed by atoms with Crippen LogP contribution in [0, 0.1) is 5.92 Å². The molecule has 0 aliphatic carbocycles. The van der Waals surface area contributed by atoms with Crippen LogP contribution in [0.1, 0.15) is 51.1 Å². The van der Waals surface area contributed by atoms with Crippen LogP contribution < -0.4 is 15.5 Å². The minimum absolute atomic E-state index is 0. The fourth-order valence-electron chi connectivity index (χ4n) is 4.27. The Morgan fingerprint density at radius 1 is 1.21 bits per heavy atom. The van der Waals surface area contributed by atoms with Crippen LogP contribution in [-0.2, 0) is 0 Å². The van der Waals surface area contributed by atoms with Gasteiger partial charge in [-0.3, -0.25) is 4.99 Å². The van der Waals surface area contributed by atoms with Gasteiger partial charge >= 0.3 is 0 Å². The van der Waals surface area contributed by atoms with Gasteiger partial charge in [-0.1, -0.05) is 19.1 Å². The van der Waals surface area contributed by atoms with Gasteiger partial charge in [-0.2, -0.15) is 0 Å². The van der Waals surface area contributed by atoms with E-state index in [0.717, 1.165) is 25.0 Å². The largest absolute Gasteiger partial charge is 0.372 e. The summed E-state index contributed by atoms with van der Waals surface area (Å²) in [5.74, 6) is 1.72. The molecule has 2 unspecified atom stereocenters. The van der Waals surface area contributed by atoms with E-state index in [2.05, 4.69) is 63.5 Å². The summed E-state index contributed by atoms with van der Waals surface area (Å²) in [6, 6.07) is 9.17. The van der Waals surface area contributed by atoms with Gasteiger partial charge in [0.1, 0.15) is 0 Å². The van der Waals surface area contributed by atoms with E-state index in [0.29, 0.717) is 0 Å². The van der Waals surface area contributed by atoms with E-state index in [4.69, 9.17) is 0 Å². The average molecular weight is 499 g/mol. The molecule has 0 spiro atoms. The van der Waals surface area contributed by atoms with Gasteiger partial charge in [0.05, 0.1) is 6.04 Å². The number of guanidine groups is 1. The first-order valence-corrected chi connectivity index (χ1v) is 10.7. The van der Waals surface area contributed by atoms with Gasteiger partial charge in [0, 0.05) is 45.5 Å². The molecule has 6 heteroatoms. The number of nitrogens with one attached hydrogen (secondary N) is 2. The van der Waals surface area contributed by atoms with Crippen LogP contribution >= 0.6 is 24.0 Å². The predicted octanol–water partition coefficient (Wildman–Crippen LogP) is 3.86. The number of likely N-dealkylation sites (tertiary alicyclic amines) is 1. The highest BCUT2D eigenvalue weighted by Gasteiger charge is 2.16. The van der Waals surface area contributed by atoms with Crippen molar-refractivity contribution in [3.8, 4) is 0 Å². The third kappa shape index (κ3) is 6.79. The number of rotatable bonds is 6. The lowest BCUT2D eigenvalue weighted by molar-refractivity contribution is 0.187. The van der Waals surface area contributed by atoms with Crippen molar-refractivity contribution in [1.82, 2.24) is 15.5 Å². The summed E-state index contributed by atoms with van der Waals surface area (Å²) in [7, 11) is 1.85. The highest BCUT2D eigenvalue weighted by atomic mass is 127. The Morgan fingerprint density at radius 3 is 2.71 bits per heavy atom. The topological polar surface area (TPSA) is 42.9 Å². The van der Waals surface area contributed by atoms with Crippen molar-refractivity contribution in [2.45, 2.75) is 45.6 Å². The number of aliphatic imine (C=N–C) groups is 1. The third-order valence-electron chi connectivity index (χ3n) is 5.88. The smallest absolute Gasteiger partial charge is 0.191 e. The molecule has 3 rings (SSSR count). The zero-order valence-corrected chi connectivity index (χ0v) is 20.1. The van der Waals surface area contributed by atoms with Crippen molar-refractivity contribution in [3.63, 3.8) is 0 Å².